The van der Waals surface area contributed by atoms with Crippen molar-refractivity contribution in [1.82, 2.24) is 19.4 Å². The van der Waals surface area contributed by atoms with E-state index in [1.807, 2.05) is 36.5 Å². The number of hydrogen-bond acceptors (Lipinski definition) is 4. The molecule has 0 radical (unpaired) electrons. The Balaban J connectivity index is 1.79. The molecule has 3 rings (SSSR count). The summed E-state index contributed by atoms with van der Waals surface area (Å²) in [7, 11) is -1.94. The van der Waals surface area contributed by atoms with E-state index in [-0.39, 0.29) is 17.3 Å². The Labute approximate surface area is 171 Å². The highest BCUT2D eigenvalue weighted by Crippen LogP contribution is 2.18. The second-order valence-corrected chi connectivity index (χ2v) is 8.53. The number of benzene rings is 2. The first kappa shape index (κ1) is 20.8. The Morgan fingerprint density at radius 2 is 1.90 bits per heavy atom. The van der Waals surface area contributed by atoms with Crippen LogP contribution in [0.5, 0.6) is 0 Å². The van der Waals surface area contributed by atoms with E-state index in [1.54, 1.807) is 42.7 Å². The molecule has 3 aromatic rings. The lowest BCUT2D eigenvalue weighted by Gasteiger charge is -2.18. The Hall–Kier alpha value is -2.97. The number of amides is 1. The third kappa shape index (κ3) is 4.72. The van der Waals surface area contributed by atoms with Crippen LogP contribution in [-0.2, 0) is 16.6 Å². The van der Waals surface area contributed by atoms with Crippen molar-refractivity contribution in [2.45, 2.75) is 25.3 Å². The maximum absolute atomic E-state index is 13.0. The van der Waals surface area contributed by atoms with Crippen molar-refractivity contribution in [2.24, 2.45) is 0 Å². The molecule has 1 N–H and O–H groups in total. The molecule has 0 fully saturated rings. The smallest absolute Gasteiger partial charge is 0.254 e. The van der Waals surface area contributed by atoms with E-state index < -0.39 is 10.0 Å². The van der Waals surface area contributed by atoms with Gasteiger partial charge in [-0.2, -0.15) is 5.10 Å². The molecular weight excluding hydrogens is 388 g/mol. The summed E-state index contributed by atoms with van der Waals surface area (Å²) < 4.78 is 28.7. The third-order valence-electron chi connectivity index (χ3n) is 4.51. The fraction of sp³-hybridized carbons (Fsp3) is 0.238. The SMILES string of the molecule is CCNS(=O)(=O)c1ccc(C)c(C(=O)N(C)Cc2cnn(-c3ccccc3)c2)c1. The van der Waals surface area contributed by atoms with Crippen LogP contribution in [0.15, 0.2) is 65.8 Å². The maximum Gasteiger partial charge on any atom is 0.254 e. The molecule has 152 valence electrons. The molecule has 1 heterocycles. The highest BCUT2D eigenvalue weighted by atomic mass is 32.2. The minimum atomic E-state index is -3.63. The summed E-state index contributed by atoms with van der Waals surface area (Å²) in [6.07, 6.45) is 3.59. The number of aryl methyl sites for hydroxylation is 1. The van der Waals surface area contributed by atoms with Crippen molar-refractivity contribution in [1.29, 1.82) is 0 Å². The van der Waals surface area contributed by atoms with Gasteiger partial charge in [-0.1, -0.05) is 31.2 Å². The van der Waals surface area contributed by atoms with E-state index in [0.717, 1.165) is 16.8 Å². The molecule has 1 amide bonds. The van der Waals surface area contributed by atoms with Crippen molar-refractivity contribution >= 4 is 15.9 Å². The van der Waals surface area contributed by atoms with Gasteiger partial charge in [0.2, 0.25) is 10.0 Å². The molecule has 0 unspecified atom stereocenters. The monoisotopic (exact) mass is 412 g/mol. The molecule has 8 heteroatoms. The first-order valence-corrected chi connectivity index (χ1v) is 10.7. The van der Waals surface area contributed by atoms with E-state index in [4.69, 9.17) is 0 Å². The summed E-state index contributed by atoms with van der Waals surface area (Å²) in [4.78, 5) is 14.6. The summed E-state index contributed by atoms with van der Waals surface area (Å²) in [5, 5.41) is 4.35. The minimum Gasteiger partial charge on any atom is -0.337 e. The minimum absolute atomic E-state index is 0.0820. The normalized spacial score (nSPS) is 11.4. The molecule has 0 aliphatic heterocycles. The number of nitrogens with one attached hydrogen (secondary N) is 1. The van der Waals surface area contributed by atoms with Crippen molar-refractivity contribution < 1.29 is 13.2 Å². The van der Waals surface area contributed by atoms with Gasteiger partial charge < -0.3 is 4.90 Å². The van der Waals surface area contributed by atoms with Crippen molar-refractivity contribution in [2.75, 3.05) is 13.6 Å². The van der Waals surface area contributed by atoms with Crippen LogP contribution in [0.25, 0.3) is 5.69 Å². The molecule has 0 aliphatic carbocycles. The number of rotatable bonds is 7. The fourth-order valence-corrected chi connectivity index (χ4v) is 4.05. The Morgan fingerprint density at radius 1 is 1.17 bits per heavy atom. The van der Waals surface area contributed by atoms with Gasteiger partial charge in [0.25, 0.3) is 5.91 Å². The predicted octanol–water partition coefficient (Wildman–Crippen LogP) is 2.75. The Bertz CT molecular complexity index is 1110. The quantitative estimate of drug-likeness (QED) is 0.647. The molecule has 0 aliphatic rings. The van der Waals surface area contributed by atoms with E-state index >= 15 is 0 Å². The molecule has 1 aromatic heterocycles. The van der Waals surface area contributed by atoms with Gasteiger partial charge >= 0.3 is 0 Å². The summed E-state index contributed by atoms with van der Waals surface area (Å²) in [6, 6.07) is 14.3. The van der Waals surface area contributed by atoms with Gasteiger partial charge in [-0.3, -0.25) is 4.79 Å². The largest absolute Gasteiger partial charge is 0.337 e. The van der Waals surface area contributed by atoms with Crippen LogP contribution < -0.4 is 4.72 Å². The van der Waals surface area contributed by atoms with Crippen molar-refractivity contribution in [3.63, 3.8) is 0 Å². The van der Waals surface area contributed by atoms with E-state index in [1.165, 1.54) is 12.1 Å². The number of para-hydroxylation sites is 1. The molecule has 0 bridgehead atoms. The van der Waals surface area contributed by atoms with Gasteiger partial charge in [0.1, 0.15) is 0 Å². The molecule has 0 atom stereocenters. The summed E-state index contributed by atoms with van der Waals surface area (Å²) in [5.74, 6) is -0.247. The lowest BCUT2D eigenvalue weighted by Crippen LogP contribution is -2.28. The number of nitrogens with zero attached hydrogens (tertiary/aromatic N) is 3. The number of carbonyl (C=O) groups excluding carboxylic acids is 1. The lowest BCUT2D eigenvalue weighted by molar-refractivity contribution is 0.0784. The van der Waals surface area contributed by atoms with Crippen LogP contribution in [0.3, 0.4) is 0 Å². The standard InChI is InChI=1S/C21H24N4O3S/c1-4-23-29(27,28)19-11-10-16(2)20(12-19)21(26)24(3)14-17-13-22-25(15-17)18-8-6-5-7-9-18/h5-13,15,23H,4,14H2,1-3H3. The van der Waals surface area contributed by atoms with E-state index in [0.29, 0.717) is 12.1 Å². The Kier molecular flexibility index (Phi) is 6.14. The summed E-state index contributed by atoms with van der Waals surface area (Å²) >= 11 is 0. The molecule has 7 nitrogen and oxygen atoms in total. The molecule has 0 saturated heterocycles. The zero-order chi connectivity index (χ0) is 21.0. The fourth-order valence-electron chi connectivity index (χ4n) is 2.99. The lowest BCUT2D eigenvalue weighted by atomic mass is 10.1. The van der Waals surface area contributed by atoms with Crippen LogP contribution in [0.1, 0.15) is 28.4 Å². The molecular formula is C21H24N4O3S. The predicted molar refractivity (Wildman–Crippen MR) is 111 cm³/mol. The second-order valence-electron chi connectivity index (χ2n) is 6.77. The van der Waals surface area contributed by atoms with E-state index in [9.17, 15) is 13.2 Å². The maximum atomic E-state index is 13.0. The van der Waals surface area contributed by atoms with Crippen LogP contribution in [0.2, 0.25) is 0 Å². The van der Waals surface area contributed by atoms with Gasteiger partial charge in [0.15, 0.2) is 0 Å². The first-order chi connectivity index (χ1) is 13.8. The first-order valence-electron chi connectivity index (χ1n) is 9.26. The molecule has 2 aromatic carbocycles. The van der Waals surface area contributed by atoms with Crippen molar-refractivity contribution in [3.8, 4) is 5.69 Å². The van der Waals surface area contributed by atoms with Crippen molar-refractivity contribution in [3.05, 3.63) is 77.6 Å². The number of aromatic nitrogens is 2. The molecule has 0 saturated carbocycles. The number of hydrogen-bond donors (Lipinski definition) is 1. The van der Waals surface area contributed by atoms with Gasteiger partial charge in [0.05, 0.1) is 16.8 Å². The van der Waals surface area contributed by atoms with Crippen LogP contribution in [0, 0.1) is 6.92 Å². The summed E-state index contributed by atoms with van der Waals surface area (Å²) in [6.45, 7) is 4.14. The highest BCUT2D eigenvalue weighted by Gasteiger charge is 2.20. The van der Waals surface area contributed by atoms with Gasteiger partial charge in [-0.15, -0.1) is 0 Å². The van der Waals surface area contributed by atoms with Crippen LogP contribution in [0.4, 0.5) is 0 Å². The molecule has 29 heavy (non-hydrogen) atoms. The van der Waals surface area contributed by atoms with Crippen LogP contribution in [-0.4, -0.2) is 42.6 Å². The third-order valence-corrected chi connectivity index (χ3v) is 6.05. The molecule has 0 spiro atoms. The highest BCUT2D eigenvalue weighted by molar-refractivity contribution is 7.89. The van der Waals surface area contributed by atoms with Crippen LogP contribution >= 0.6 is 0 Å². The number of carbonyl (C=O) groups is 1. The zero-order valence-electron chi connectivity index (χ0n) is 16.7. The van der Waals surface area contributed by atoms with E-state index in [2.05, 4.69) is 9.82 Å². The van der Waals surface area contributed by atoms with Gasteiger partial charge in [-0.05, 0) is 36.8 Å². The average Bonchev–Trinajstić information content (AvgIpc) is 3.16. The number of sulfonamides is 1. The zero-order valence-corrected chi connectivity index (χ0v) is 17.5. The van der Waals surface area contributed by atoms with Gasteiger partial charge in [0, 0.05) is 37.5 Å². The second kappa shape index (κ2) is 8.59. The average molecular weight is 413 g/mol. The topological polar surface area (TPSA) is 84.3 Å². The van der Waals surface area contributed by atoms with Gasteiger partial charge in [-0.25, -0.2) is 17.8 Å². The Morgan fingerprint density at radius 3 is 2.59 bits per heavy atom. The summed E-state index contributed by atoms with van der Waals surface area (Å²) in [5.41, 5.74) is 2.89.